The van der Waals surface area contributed by atoms with Gasteiger partial charge in [-0.25, -0.2) is 15.8 Å². The fraction of sp³-hybridized carbons (Fsp3) is 0.214. The standard InChI is InChI=1S/C14H16N6S/c1-9-16-10(8-21-9)7-20(2)13-11-5-3-4-6-12(11)17-14(18-13)19-15/h3-6,8H,7,15H2,1-2H3,(H,17,18,19). The summed E-state index contributed by atoms with van der Waals surface area (Å²) >= 11 is 1.65. The van der Waals surface area contributed by atoms with Gasteiger partial charge >= 0.3 is 0 Å². The molecule has 3 rings (SSSR count). The van der Waals surface area contributed by atoms with Gasteiger partial charge in [0.15, 0.2) is 0 Å². The van der Waals surface area contributed by atoms with Crippen molar-refractivity contribution in [2.45, 2.75) is 13.5 Å². The zero-order valence-corrected chi connectivity index (χ0v) is 12.7. The van der Waals surface area contributed by atoms with Crippen molar-refractivity contribution in [3.63, 3.8) is 0 Å². The van der Waals surface area contributed by atoms with Crippen LogP contribution in [0.25, 0.3) is 10.9 Å². The molecule has 7 heteroatoms. The lowest BCUT2D eigenvalue weighted by Gasteiger charge is -2.19. The molecule has 3 N–H and O–H groups in total. The van der Waals surface area contributed by atoms with E-state index < -0.39 is 0 Å². The highest BCUT2D eigenvalue weighted by Gasteiger charge is 2.12. The predicted octanol–water partition coefficient (Wildman–Crippen LogP) is 2.32. The number of nitrogens with two attached hydrogens (primary N) is 1. The third-order valence-corrected chi connectivity index (χ3v) is 3.96. The second-order valence-corrected chi connectivity index (χ2v) is 5.81. The Labute approximate surface area is 126 Å². The molecular formula is C14H16N6S. The molecule has 0 fully saturated rings. The highest BCUT2D eigenvalue weighted by Crippen LogP contribution is 2.25. The van der Waals surface area contributed by atoms with E-state index in [0.717, 1.165) is 27.4 Å². The Kier molecular flexibility index (Phi) is 3.68. The second kappa shape index (κ2) is 5.63. The van der Waals surface area contributed by atoms with Crippen LogP contribution in [0.1, 0.15) is 10.7 Å². The molecule has 0 unspecified atom stereocenters. The van der Waals surface area contributed by atoms with Gasteiger partial charge in [0, 0.05) is 17.8 Å². The van der Waals surface area contributed by atoms with Crippen LogP contribution in [-0.2, 0) is 6.54 Å². The van der Waals surface area contributed by atoms with Gasteiger partial charge in [-0.2, -0.15) is 4.98 Å². The molecule has 1 aromatic carbocycles. The molecule has 0 aliphatic carbocycles. The van der Waals surface area contributed by atoms with E-state index in [9.17, 15) is 0 Å². The first-order valence-electron chi connectivity index (χ1n) is 6.53. The van der Waals surface area contributed by atoms with Gasteiger partial charge in [0.1, 0.15) is 5.82 Å². The predicted molar refractivity (Wildman–Crippen MR) is 86.3 cm³/mol. The monoisotopic (exact) mass is 300 g/mol. The summed E-state index contributed by atoms with van der Waals surface area (Å²) in [4.78, 5) is 15.4. The average Bonchev–Trinajstić information content (AvgIpc) is 2.91. The quantitative estimate of drug-likeness (QED) is 0.568. The molecule has 0 radical (unpaired) electrons. The lowest BCUT2D eigenvalue weighted by Crippen LogP contribution is -2.20. The number of thiazole rings is 1. The van der Waals surface area contributed by atoms with Gasteiger partial charge in [-0.1, -0.05) is 12.1 Å². The molecule has 0 bridgehead atoms. The number of aryl methyl sites for hydroxylation is 1. The number of fused-ring (bicyclic) bond motifs is 1. The van der Waals surface area contributed by atoms with E-state index in [0.29, 0.717) is 12.5 Å². The van der Waals surface area contributed by atoms with Crippen LogP contribution in [0, 0.1) is 6.92 Å². The fourth-order valence-electron chi connectivity index (χ4n) is 2.21. The Hall–Kier alpha value is -2.25. The third kappa shape index (κ3) is 2.79. The summed E-state index contributed by atoms with van der Waals surface area (Å²) in [7, 11) is 1.99. The summed E-state index contributed by atoms with van der Waals surface area (Å²) in [6.45, 7) is 2.69. The summed E-state index contributed by atoms with van der Waals surface area (Å²) in [5.74, 6) is 6.70. The number of anilines is 2. The Morgan fingerprint density at radius 2 is 2.05 bits per heavy atom. The third-order valence-electron chi connectivity index (χ3n) is 3.14. The Morgan fingerprint density at radius 1 is 1.24 bits per heavy atom. The molecule has 0 saturated heterocycles. The molecule has 6 nitrogen and oxygen atoms in total. The largest absolute Gasteiger partial charge is 0.353 e. The fourth-order valence-corrected chi connectivity index (χ4v) is 2.82. The summed E-state index contributed by atoms with van der Waals surface area (Å²) in [5, 5.41) is 4.12. The van der Waals surface area contributed by atoms with Crippen LogP contribution < -0.4 is 16.2 Å². The van der Waals surface area contributed by atoms with E-state index >= 15 is 0 Å². The van der Waals surface area contributed by atoms with Crippen LogP contribution >= 0.6 is 11.3 Å². The topological polar surface area (TPSA) is 80.0 Å². The highest BCUT2D eigenvalue weighted by molar-refractivity contribution is 7.09. The van der Waals surface area contributed by atoms with Crippen molar-refractivity contribution >= 4 is 34.0 Å². The normalized spacial score (nSPS) is 10.8. The summed E-state index contributed by atoms with van der Waals surface area (Å²) in [5.41, 5.74) is 4.41. The number of nitrogens with zero attached hydrogens (tertiary/aromatic N) is 4. The Morgan fingerprint density at radius 3 is 2.76 bits per heavy atom. The van der Waals surface area contributed by atoms with Crippen LogP contribution in [-0.4, -0.2) is 22.0 Å². The molecule has 0 aliphatic rings. The molecule has 3 aromatic rings. The first-order valence-corrected chi connectivity index (χ1v) is 7.41. The van der Waals surface area contributed by atoms with Gasteiger partial charge in [0.2, 0.25) is 5.95 Å². The zero-order valence-electron chi connectivity index (χ0n) is 11.9. The molecule has 108 valence electrons. The van der Waals surface area contributed by atoms with E-state index in [1.54, 1.807) is 11.3 Å². The lowest BCUT2D eigenvalue weighted by molar-refractivity contribution is 0.872. The molecule has 21 heavy (non-hydrogen) atoms. The molecular weight excluding hydrogens is 284 g/mol. The first-order chi connectivity index (χ1) is 10.2. The summed E-state index contributed by atoms with van der Waals surface area (Å²) in [6.07, 6.45) is 0. The van der Waals surface area contributed by atoms with Crippen molar-refractivity contribution in [2.75, 3.05) is 17.4 Å². The van der Waals surface area contributed by atoms with E-state index in [1.165, 1.54) is 0 Å². The van der Waals surface area contributed by atoms with Crippen molar-refractivity contribution in [3.05, 3.63) is 40.3 Å². The van der Waals surface area contributed by atoms with Crippen LogP contribution in [0.5, 0.6) is 0 Å². The van der Waals surface area contributed by atoms with E-state index in [1.807, 2.05) is 38.2 Å². The summed E-state index contributed by atoms with van der Waals surface area (Å²) in [6, 6.07) is 7.88. The summed E-state index contributed by atoms with van der Waals surface area (Å²) < 4.78 is 0. The number of hydrogen-bond acceptors (Lipinski definition) is 7. The van der Waals surface area contributed by atoms with Crippen LogP contribution in [0.3, 0.4) is 0 Å². The van der Waals surface area contributed by atoms with Gasteiger partial charge < -0.3 is 4.90 Å². The average molecular weight is 300 g/mol. The molecule has 0 saturated carbocycles. The molecule has 0 aliphatic heterocycles. The second-order valence-electron chi connectivity index (χ2n) is 4.75. The van der Waals surface area contributed by atoms with E-state index in [-0.39, 0.29) is 0 Å². The number of para-hydroxylation sites is 1. The Balaban J connectivity index is 2.01. The first kappa shape index (κ1) is 13.7. The molecule has 0 atom stereocenters. The zero-order chi connectivity index (χ0) is 14.8. The van der Waals surface area contributed by atoms with Crippen molar-refractivity contribution in [1.82, 2.24) is 15.0 Å². The van der Waals surface area contributed by atoms with E-state index in [2.05, 4.69) is 30.7 Å². The number of hydrazine groups is 1. The number of aromatic nitrogens is 3. The minimum atomic E-state index is 0.407. The maximum atomic E-state index is 5.46. The lowest BCUT2D eigenvalue weighted by atomic mass is 10.2. The van der Waals surface area contributed by atoms with Gasteiger partial charge in [-0.3, -0.25) is 5.43 Å². The number of rotatable bonds is 4. The highest BCUT2D eigenvalue weighted by atomic mass is 32.1. The van der Waals surface area contributed by atoms with Crippen LogP contribution in [0.15, 0.2) is 29.6 Å². The SMILES string of the molecule is Cc1nc(CN(C)c2nc(NN)nc3ccccc23)cs1. The van der Waals surface area contributed by atoms with E-state index in [4.69, 9.17) is 5.84 Å². The van der Waals surface area contributed by atoms with Gasteiger partial charge in [0.25, 0.3) is 0 Å². The minimum absolute atomic E-state index is 0.407. The maximum Gasteiger partial charge on any atom is 0.239 e. The smallest absolute Gasteiger partial charge is 0.239 e. The number of hydrogen-bond donors (Lipinski definition) is 2. The van der Waals surface area contributed by atoms with Crippen LogP contribution in [0.4, 0.5) is 11.8 Å². The molecule has 2 heterocycles. The number of nitrogen functional groups attached to an aromatic ring is 1. The molecule has 2 aromatic heterocycles. The maximum absolute atomic E-state index is 5.46. The Bertz CT molecular complexity index is 769. The number of nitrogens with one attached hydrogen (secondary N) is 1. The van der Waals surface area contributed by atoms with Gasteiger partial charge in [-0.05, 0) is 19.1 Å². The van der Waals surface area contributed by atoms with Gasteiger partial charge in [0.05, 0.1) is 22.8 Å². The van der Waals surface area contributed by atoms with Crippen LogP contribution in [0.2, 0.25) is 0 Å². The molecule has 0 amide bonds. The van der Waals surface area contributed by atoms with Crippen molar-refractivity contribution < 1.29 is 0 Å². The van der Waals surface area contributed by atoms with Crippen molar-refractivity contribution in [2.24, 2.45) is 5.84 Å². The minimum Gasteiger partial charge on any atom is -0.353 e. The molecule has 0 spiro atoms. The van der Waals surface area contributed by atoms with Crippen molar-refractivity contribution in [1.29, 1.82) is 0 Å². The number of benzene rings is 1. The van der Waals surface area contributed by atoms with Gasteiger partial charge in [-0.15, -0.1) is 11.3 Å². The van der Waals surface area contributed by atoms with Crippen molar-refractivity contribution in [3.8, 4) is 0 Å².